The molecule has 4 heteroatoms. The summed E-state index contributed by atoms with van der Waals surface area (Å²) in [6.45, 7) is 5.70. The minimum absolute atomic E-state index is 0.102. The summed E-state index contributed by atoms with van der Waals surface area (Å²) in [6.07, 6.45) is 2.20. The quantitative estimate of drug-likeness (QED) is 0.628. The van der Waals surface area contributed by atoms with Crippen LogP contribution in [0.2, 0.25) is 0 Å². The molecule has 4 nitrogen and oxygen atoms in total. The van der Waals surface area contributed by atoms with Crippen LogP contribution in [0, 0.1) is 0 Å². The Morgan fingerprint density at radius 1 is 1.91 bits per heavy atom. The van der Waals surface area contributed by atoms with E-state index in [2.05, 4.69) is 21.8 Å². The summed E-state index contributed by atoms with van der Waals surface area (Å²) in [5, 5.41) is 6.42. The summed E-state index contributed by atoms with van der Waals surface area (Å²) in [4.78, 5) is 3.94. The van der Waals surface area contributed by atoms with E-state index < -0.39 is 0 Å². The summed E-state index contributed by atoms with van der Waals surface area (Å²) < 4.78 is 0. The molecule has 0 spiro atoms. The summed E-state index contributed by atoms with van der Waals surface area (Å²) in [6, 6.07) is -0.102. The first-order chi connectivity index (χ1) is 5.20. The third kappa shape index (κ3) is 2.16. The third-order valence-corrected chi connectivity index (χ3v) is 1.35. The maximum absolute atomic E-state index is 5.75. The molecular formula is C7H12N4. The van der Waals surface area contributed by atoms with E-state index in [1.54, 1.807) is 0 Å². The Balaban J connectivity index is 2.56. The van der Waals surface area contributed by atoms with Crippen molar-refractivity contribution in [1.29, 1.82) is 0 Å². The highest BCUT2D eigenvalue weighted by atomic mass is 15.2. The number of nitrogens with one attached hydrogen (secondary N) is 1. The van der Waals surface area contributed by atoms with Gasteiger partial charge in [0.2, 0.25) is 0 Å². The molecule has 1 atom stereocenters. The van der Waals surface area contributed by atoms with E-state index >= 15 is 0 Å². The van der Waals surface area contributed by atoms with Crippen LogP contribution in [0.3, 0.4) is 0 Å². The van der Waals surface area contributed by atoms with Gasteiger partial charge in [-0.1, -0.05) is 5.57 Å². The number of nitrogens with zero attached hydrogens (tertiary/aromatic N) is 2. The van der Waals surface area contributed by atoms with Crippen molar-refractivity contribution >= 4 is 0 Å². The Hall–Kier alpha value is -1.16. The van der Waals surface area contributed by atoms with Crippen LogP contribution in [0.25, 0.3) is 0 Å². The van der Waals surface area contributed by atoms with Crippen LogP contribution in [0.1, 0.15) is 25.2 Å². The number of aromatic amines is 1. The number of aromatic nitrogens is 3. The van der Waals surface area contributed by atoms with Gasteiger partial charge >= 0.3 is 0 Å². The molecule has 1 heterocycles. The molecule has 0 aliphatic carbocycles. The molecule has 1 unspecified atom stereocenters. The summed E-state index contributed by atoms with van der Waals surface area (Å²) in [5.41, 5.74) is 6.80. The lowest BCUT2D eigenvalue weighted by Crippen LogP contribution is -2.12. The summed E-state index contributed by atoms with van der Waals surface area (Å²) in [7, 11) is 0. The molecule has 0 radical (unpaired) electrons. The number of hydrogen-bond donors (Lipinski definition) is 2. The van der Waals surface area contributed by atoms with E-state index in [-0.39, 0.29) is 6.04 Å². The lowest BCUT2D eigenvalue weighted by molar-refractivity contribution is 0.668. The van der Waals surface area contributed by atoms with Crippen molar-refractivity contribution in [3.63, 3.8) is 0 Å². The minimum Gasteiger partial charge on any atom is -0.321 e. The largest absolute Gasteiger partial charge is 0.321 e. The average Bonchev–Trinajstić information content (AvgIpc) is 2.35. The normalized spacial score (nSPS) is 12.9. The molecule has 0 aromatic carbocycles. The minimum atomic E-state index is -0.102. The van der Waals surface area contributed by atoms with E-state index in [1.807, 2.05) is 6.92 Å². The molecule has 0 saturated carbocycles. The molecular weight excluding hydrogens is 140 g/mol. The number of nitrogens with two attached hydrogens (primary N) is 1. The van der Waals surface area contributed by atoms with E-state index in [0.717, 1.165) is 12.0 Å². The van der Waals surface area contributed by atoms with Crippen LogP contribution in [0.5, 0.6) is 0 Å². The molecule has 11 heavy (non-hydrogen) atoms. The van der Waals surface area contributed by atoms with Crippen LogP contribution in [-0.2, 0) is 0 Å². The van der Waals surface area contributed by atoms with Gasteiger partial charge in [-0.2, -0.15) is 5.10 Å². The number of H-pyrrole nitrogens is 1. The van der Waals surface area contributed by atoms with Crippen molar-refractivity contribution in [3.05, 3.63) is 24.3 Å². The van der Waals surface area contributed by atoms with Crippen molar-refractivity contribution in [2.75, 3.05) is 0 Å². The van der Waals surface area contributed by atoms with Gasteiger partial charge in [0, 0.05) is 0 Å². The van der Waals surface area contributed by atoms with Gasteiger partial charge in [0.05, 0.1) is 6.04 Å². The fourth-order valence-electron chi connectivity index (χ4n) is 0.866. The van der Waals surface area contributed by atoms with E-state index in [9.17, 15) is 0 Å². The Labute approximate surface area is 65.5 Å². The highest BCUT2D eigenvalue weighted by molar-refractivity contribution is 4.99. The van der Waals surface area contributed by atoms with Crippen LogP contribution in [0.15, 0.2) is 18.5 Å². The molecule has 0 fully saturated rings. The van der Waals surface area contributed by atoms with Crippen molar-refractivity contribution in [3.8, 4) is 0 Å². The molecule has 0 aliphatic heterocycles. The van der Waals surface area contributed by atoms with Crippen molar-refractivity contribution < 1.29 is 0 Å². The van der Waals surface area contributed by atoms with Crippen molar-refractivity contribution in [1.82, 2.24) is 15.2 Å². The van der Waals surface area contributed by atoms with Crippen LogP contribution in [-0.4, -0.2) is 15.2 Å². The molecule has 1 aromatic rings. The second kappa shape index (κ2) is 3.30. The van der Waals surface area contributed by atoms with Gasteiger partial charge in [0.25, 0.3) is 0 Å². The fraction of sp³-hybridized carbons (Fsp3) is 0.429. The zero-order valence-electron chi connectivity index (χ0n) is 6.54. The van der Waals surface area contributed by atoms with Crippen LogP contribution in [0.4, 0.5) is 0 Å². The van der Waals surface area contributed by atoms with Gasteiger partial charge in [-0.15, -0.1) is 6.58 Å². The average molecular weight is 152 g/mol. The van der Waals surface area contributed by atoms with E-state index in [0.29, 0.717) is 5.82 Å². The van der Waals surface area contributed by atoms with E-state index in [4.69, 9.17) is 5.73 Å². The van der Waals surface area contributed by atoms with Gasteiger partial charge in [-0.3, -0.25) is 5.10 Å². The SMILES string of the molecule is C=C(C)CC(N)c1ncn[nH]1. The Morgan fingerprint density at radius 3 is 3.09 bits per heavy atom. The van der Waals surface area contributed by atoms with E-state index in [1.165, 1.54) is 6.33 Å². The molecule has 0 aliphatic rings. The smallest absolute Gasteiger partial charge is 0.141 e. The van der Waals surface area contributed by atoms with Crippen molar-refractivity contribution in [2.45, 2.75) is 19.4 Å². The maximum Gasteiger partial charge on any atom is 0.141 e. The summed E-state index contributed by atoms with van der Waals surface area (Å²) in [5.74, 6) is 0.716. The van der Waals surface area contributed by atoms with Gasteiger partial charge in [0.1, 0.15) is 12.2 Å². The van der Waals surface area contributed by atoms with Gasteiger partial charge < -0.3 is 5.73 Å². The first-order valence-electron chi connectivity index (χ1n) is 3.45. The standard InChI is InChI=1S/C7H12N4/c1-5(2)3-6(8)7-9-4-10-11-7/h4,6H,1,3,8H2,2H3,(H,9,10,11). The molecule has 60 valence electrons. The number of rotatable bonds is 3. The Kier molecular flexibility index (Phi) is 2.38. The predicted octanol–water partition coefficient (Wildman–Crippen LogP) is 0.771. The van der Waals surface area contributed by atoms with Gasteiger partial charge in [0.15, 0.2) is 0 Å². The Morgan fingerprint density at radius 2 is 2.64 bits per heavy atom. The monoisotopic (exact) mass is 152 g/mol. The second-order valence-corrected chi connectivity index (χ2v) is 2.64. The Bertz CT molecular complexity index is 227. The molecule has 0 bridgehead atoms. The molecule has 3 N–H and O–H groups in total. The van der Waals surface area contributed by atoms with Gasteiger partial charge in [-0.05, 0) is 13.3 Å². The summed E-state index contributed by atoms with van der Waals surface area (Å²) >= 11 is 0. The topological polar surface area (TPSA) is 67.6 Å². The highest BCUT2D eigenvalue weighted by Gasteiger charge is 2.07. The highest BCUT2D eigenvalue weighted by Crippen LogP contribution is 2.11. The lowest BCUT2D eigenvalue weighted by atomic mass is 10.1. The van der Waals surface area contributed by atoms with Gasteiger partial charge in [-0.25, -0.2) is 4.98 Å². The van der Waals surface area contributed by atoms with Crippen molar-refractivity contribution in [2.24, 2.45) is 5.73 Å². The molecule has 1 aromatic heterocycles. The molecule has 0 saturated heterocycles. The first-order valence-corrected chi connectivity index (χ1v) is 3.45. The lowest BCUT2D eigenvalue weighted by Gasteiger charge is -2.06. The zero-order chi connectivity index (χ0) is 8.27. The number of hydrogen-bond acceptors (Lipinski definition) is 3. The zero-order valence-corrected chi connectivity index (χ0v) is 6.54. The first kappa shape index (κ1) is 7.94. The van der Waals surface area contributed by atoms with Crippen LogP contribution >= 0.6 is 0 Å². The second-order valence-electron chi connectivity index (χ2n) is 2.64. The predicted molar refractivity (Wildman–Crippen MR) is 42.7 cm³/mol. The molecule has 0 amide bonds. The fourth-order valence-corrected chi connectivity index (χ4v) is 0.866. The molecule has 1 rings (SSSR count). The van der Waals surface area contributed by atoms with Crippen LogP contribution < -0.4 is 5.73 Å². The third-order valence-electron chi connectivity index (χ3n) is 1.35. The maximum atomic E-state index is 5.75.